The van der Waals surface area contributed by atoms with E-state index < -0.39 is 0 Å². The predicted octanol–water partition coefficient (Wildman–Crippen LogP) is 4.60. The van der Waals surface area contributed by atoms with E-state index >= 15 is 0 Å². The number of hydrogen-bond acceptors (Lipinski definition) is 2. The molecule has 1 saturated carbocycles. The SMILES string of the molecule is C(OCSc1ccccc1)=C1CCCCC1. The van der Waals surface area contributed by atoms with Crippen LogP contribution < -0.4 is 0 Å². The molecule has 0 radical (unpaired) electrons. The van der Waals surface area contributed by atoms with Crippen molar-refractivity contribution in [3.63, 3.8) is 0 Å². The fourth-order valence-corrected chi connectivity index (χ4v) is 2.52. The molecule has 0 bridgehead atoms. The van der Waals surface area contributed by atoms with Crippen LogP contribution in [0.15, 0.2) is 47.1 Å². The second-order valence-corrected chi connectivity index (χ2v) is 5.07. The van der Waals surface area contributed by atoms with Crippen molar-refractivity contribution in [3.8, 4) is 0 Å². The molecule has 0 saturated heterocycles. The molecular formula is C14H18OS. The largest absolute Gasteiger partial charge is 0.490 e. The first kappa shape index (κ1) is 11.6. The molecule has 86 valence electrons. The summed E-state index contributed by atoms with van der Waals surface area (Å²) in [5, 5.41) is 0. The standard InChI is InChI=1S/C14H18OS/c1-3-7-13(8-4-1)11-15-12-16-14-9-5-2-6-10-14/h2,5-6,9-11H,1,3-4,7-8,12H2. The highest BCUT2D eigenvalue weighted by Gasteiger charge is 2.04. The summed E-state index contributed by atoms with van der Waals surface area (Å²) in [7, 11) is 0. The molecule has 0 aromatic heterocycles. The van der Waals surface area contributed by atoms with E-state index in [9.17, 15) is 0 Å². The quantitative estimate of drug-likeness (QED) is 0.326. The van der Waals surface area contributed by atoms with E-state index in [1.54, 1.807) is 11.8 Å². The molecule has 0 aliphatic heterocycles. The molecule has 0 unspecified atom stereocenters. The van der Waals surface area contributed by atoms with Crippen LogP contribution in [-0.2, 0) is 4.74 Å². The first-order chi connectivity index (χ1) is 7.95. The minimum atomic E-state index is 0.716. The number of rotatable bonds is 4. The highest BCUT2D eigenvalue weighted by molar-refractivity contribution is 7.99. The minimum Gasteiger partial charge on any atom is -0.490 e. The molecule has 2 heteroatoms. The van der Waals surface area contributed by atoms with Gasteiger partial charge in [-0.3, -0.25) is 0 Å². The fraction of sp³-hybridized carbons (Fsp3) is 0.429. The van der Waals surface area contributed by atoms with E-state index in [1.807, 2.05) is 12.3 Å². The van der Waals surface area contributed by atoms with Crippen molar-refractivity contribution in [2.45, 2.75) is 37.0 Å². The monoisotopic (exact) mass is 234 g/mol. The van der Waals surface area contributed by atoms with Crippen molar-refractivity contribution in [2.75, 3.05) is 5.94 Å². The molecule has 1 aliphatic rings. The third-order valence-corrected chi connectivity index (χ3v) is 3.64. The molecule has 1 aromatic carbocycles. The van der Waals surface area contributed by atoms with E-state index in [2.05, 4.69) is 24.3 Å². The smallest absolute Gasteiger partial charge is 0.137 e. The Morgan fingerprint density at radius 3 is 2.56 bits per heavy atom. The van der Waals surface area contributed by atoms with Gasteiger partial charge in [-0.05, 0) is 43.4 Å². The zero-order valence-corrected chi connectivity index (χ0v) is 10.3. The van der Waals surface area contributed by atoms with Gasteiger partial charge in [0.25, 0.3) is 0 Å². The zero-order chi connectivity index (χ0) is 11.1. The molecule has 16 heavy (non-hydrogen) atoms. The van der Waals surface area contributed by atoms with Gasteiger partial charge in [-0.15, -0.1) is 0 Å². The van der Waals surface area contributed by atoms with Gasteiger partial charge in [0.15, 0.2) is 0 Å². The van der Waals surface area contributed by atoms with Gasteiger partial charge in [-0.1, -0.05) is 36.4 Å². The summed E-state index contributed by atoms with van der Waals surface area (Å²) in [5.41, 5.74) is 1.49. The third kappa shape index (κ3) is 3.93. The van der Waals surface area contributed by atoms with Crippen molar-refractivity contribution in [1.29, 1.82) is 0 Å². The maximum absolute atomic E-state index is 5.58. The summed E-state index contributed by atoms with van der Waals surface area (Å²) < 4.78 is 5.58. The van der Waals surface area contributed by atoms with Crippen LogP contribution in [0, 0.1) is 0 Å². The lowest BCUT2D eigenvalue weighted by Gasteiger charge is -2.13. The van der Waals surface area contributed by atoms with Crippen molar-refractivity contribution < 1.29 is 4.74 Å². The lowest BCUT2D eigenvalue weighted by atomic mass is 9.96. The second-order valence-electron chi connectivity index (χ2n) is 4.08. The van der Waals surface area contributed by atoms with E-state index in [0.717, 1.165) is 0 Å². The number of thioether (sulfide) groups is 1. The van der Waals surface area contributed by atoms with Gasteiger partial charge >= 0.3 is 0 Å². The molecule has 0 spiro atoms. The third-order valence-electron chi connectivity index (χ3n) is 2.78. The van der Waals surface area contributed by atoms with Crippen LogP contribution in [0.2, 0.25) is 0 Å². The van der Waals surface area contributed by atoms with Gasteiger partial charge in [0, 0.05) is 4.90 Å². The van der Waals surface area contributed by atoms with E-state index in [4.69, 9.17) is 4.74 Å². The summed E-state index contributed by atoms with van der Waals surface area (Å²) in [6, 6.07) is 10.4. The highest BCUT2D eigenvalue weighted by atomic mass is 32.2. The van der Waals surface area contributed by atoms with Crippen LogP contribution in [0.3, 0.4) is 0 Å². The summed E-state index contributed by atoms with van der Waals surface area (Å²) in [4.78, 5) is 1.27. The molecule has 1 aromatic rings. The van der Waals surface area contributed by atoms with Crippen LogP contribution in [0.25, 0.3) is 0 Å². The van der Waals surface area contributed by atoms with Gasteiger partial charge in [-0.2, -0.15) is 0 Å². The molecule has 1 aliphatic carbocycles. The second kappa shape index (κ2) is 6.64. The van der Waals surface area contributed by atoms with Crippen molar-refractivity contribution >= 4 is 11.8 Å². The Bertz CT molecular complexity index is 324. The fourth-order valence-electron chi connectivity index (χ4n) is 1.89. The predicted molar refractivity (Wildman–Crippen MR) is 69.4 cm³/mol. The minimum absolute atomic E-state index is 0.716. The molecule has 0 amide bonds. The van der Waals surface area contributed by atoms with Crippen molar-refractivity contribution in [3.05, 3.63) is 42.2 Å². The van der Waals surface area contributed by atoms with Gasteiger partial charge in [0.2, 0.25) is 0 Å². The lowest BCUT2D eigenvalue weighted by molar-refractivity contribution is 0.308. The van der Waals surface area contributed by atoms with Gasteiger partial charge in [-0.25, -0.2) is 0 Å². The topological polar surface area (TPSA) is 9.23 Å². The van der Waals surface area contributed by atoms with Crippen LogP contribution in [0.4, 0.5) is 0 Å². The Morgan fingerprint density at radius 1 is 1.06 bits per heavy atom. The Kier molecular flexibility index (Phi) is 4.81. The molecule has 0 heterocycles. The molecule has 1 nitrogen and oxygen atoms in total. The zero-order valence-electron chi connectivity index (χ0n) is 9.52. The number of hydrogen-bond donors (Lipinski definition) is 0. The summed E-state index contributed by atoms with van der Waals surface area (Å²) in [6.45, 7) is 0. The van der Waals surface area contributed by atoms with Gasteiger partial charge in [0.05, 0.1) is 6.26 Å². The normalized spacial score (nSPS) is 15.9. The Labute approximate surface area is 102 Å². The van der Waals surface area contributed by atoms with Crippen LogP contribution >= 0.6 is 11.8 Å². The number of ether oxygens (including phenoxy) is 1. The average Bonchev–Trinajstić information content (AvgIpc) is 2.37. The summed E-state index contributed by atoms with van der Waals surface area (Å²) >= 11 is 1.74. The molecule has 0 N–H and O–H groups in total. The van der Waals surface area contributed by atoms with Crippen LogP contribution in [0.1, 0.15) is 32.1 Å². The number of allylic oxidation sites excluding steroid dienone is 1. The molecular weight excluding hydrogens is 216 g/mol. The Morgan fingerprint density at radius 2 is 1.81 bits per heavy atom. The van der Waals surface area contributed by atoms with Crippen molar-refractivity contribution in [2.24, 2.45) is 0 Å². The average molecular weight is 234 g/mol. The highest BCUT2D eigenvalue weighted by Crippen LogP contribution is 2.23. The maximum atomic E-state index is 5.58. The van der Waals surface area contributed by atoms with E-state index in [-0.39, 0.29) is 0 Å². The maximum Gasteiger partial charge on any atom is 0.137 e. The molecule has 2 rings (SSSR count). The first-order valence-corrected chi connectivity index (χ1v) is 6.91. The Hall–Kier alpha value is -0.890. The van der Waals surface area contributed by atoms with Gasteiger partial charge in [0.1, 0.15) is 5.94 Å². The van der Waals surface area contributed by atoms with Gasteiger partial charge < -0.3 is 4.74 Å². The summed E-state index contributed by atoms with van der Waals surface area (Å²) in [5.74, 6) is 0.716. The lowest BCUT2D eigenvalue weighted by Crippen LogP contribution is -1.94. The number of benzene rings is 1. The van der Waals surface area contributed by atoms with E-state index in [0.29, 0.717) is 5.94 Å². The molecule has 0 atom stereocenters. The van der Waals surface area contributed by atoms with E-state index in [1.165, 1.54) is 42.6 Å². The van der Waals surface area contributed by atoms with Crippen molar-refractivity contribution in [1.82, 2.24) is 0 Å². The first-order valence-electron chi connectivity index (χ1n) is 5.92. The Balaban J connectivity index is 1.68. The summed E-state index contributed by atoms with van der Waals surface area (Å²) in [6.07, 6.45) is 8.50. The van der Waals surface area contributed by atoms with Crippen LogP contribution in [0.5, 0.6) is 0 Å². The van der Waals surface area contributed by atoms with Crippen LogP contribution in [-0.4, -0.2) is 5.94 Å². The molecule has 1 fully saturated rings.